The van der Waals surface area contributed by atoms with Gasteiger partial charge in [0.25, 0.3) is 5.91 Å². The summed E-state index contributed by atoms with van der Waals surface area (Å²) in [4.78, 5) is 23.6. The summed E-state index contributed by atoms with van der Waals surface area (Å²) in [5.41, 5.74) is -0.689. The van der Waals surface area contributed by atoms with Crippen molar-refractivity contribution in [2.24, 2.45) is 0 Å². The van der Waals surface area contributed by atoms with Crippen LogP contribution in [-0.2, 0) is 6.18 Å². The van der Waals surface area contributed by atoms with Gasteiger partial charge in [0.2, 0.25) is 5.95 Å². The number of nitrogens with zero attached hydrogens (tertiary/aromatic N) is 3. The molecule has 4 aromatic rings. The van der Waals surface area contributed by atoms with Crippen molar-refractivity contribution in [1.29, 1.82) is 0 Å². The van der Waals surface area contributed by atoms with Crippen molar-refractivity contribution in [2.45, 2.75) is 25.6 Å². The Morgan fingerprint density at radius 3 is 2.39 bits per heavy atom. The van der Waals surface area contributed by atoms with E-state index in [9.17, 15) is 22.4 Å². The molecule has 194 valence electrons. The van der Waals surface area contributed by atoms with Crippen LogP contribution in [0, 0.1) is 5.82 Å². The molecule has 5 rings (SSSR count). The molecule has 0 unspecified atom stereocenters. The Morgan fingerprint density at radius 1 is 1.00 bits per heavy atom. The standard InChI is InChI=1S/C28H22F4N4O2/c1-27(2)16-36(26-33-13-4-14-34-26)23-6-3-5-20(24(23)38-27)17-7-12-22(28(30,31)32)21(15-17)25(37)35-19-10-8-18(29)9-11-19/h3-15H,16H2,1-2H3,(H,35,37). The van der Waals surface area contributed by atoms with Crippen LogP contribution in [0.1, 0.15) is 29.8 Å². The summed E-state index contributed by atoms with van der Waals surface area (Å²) in [5.74, 6) is -0.626. The van der Waals surface area contributed by atoms with Gasteiger partial charge in [0.1, 0.15) is 11.4 Å². The quantitative estimate of drug-likeness (QED) is 0.297. The Bertz CT molecular complexity index is 1490. The number of carbonyl (C=O) groups excluding carboxylic acids is 1. The lowest BCUT2D eigenvalue weighted by Gasteiger charge is -2.40. The van der Waals surface area contributed by atoms with Gasteiger partial charge < -0.3 is 15.0 Å². The van der Waals surface area contributed by atoms with Crippen molar-refractivity contribution in [3.05, 3.63) is 96.1 Å². The summed E-state index contributed by atoms with van der Waals surface area (Å²) in [6.45, 7) is 4.21. The minimum absolute atomic E-state index is 0.163. The first-order valence-electron chi connectivity index (χ1n) is 11.7. The summed E-state index contributed by atoms with van der Waals surface area (Å²) >= 11 is 0. The van der Waals surface area contributed by atoms with Gasteiger partial charge in [-0.25, -0.2) is 14.4 Å². The number of benzene rings is 3. The molecule has 10 heteroatoms. The van der Waals surface area contributed by atoms with Crippen LogP contribution in [0.15, 0.2) is 79.1 Å². The second-order valence-electron chi connectivity index (χ2n) is 9.37. The van der Waals surface area contributed by atoms with Crippen molar-refractivity contribution >= 4 is 23.2 Å². The number of ether oxygens (including phenoxy) is 1. The third kappa shape index (κ3) is 5.02. The highest BCUT2D eigenvalue weighted by Crippen LogP contribution is 2.46. The maximum Gasteiger partial charge on any atom is 0.417 e. The second-order valence-corrected chi connectivity index (χ2v) is 9.37. The van der Waals surface area contributed by atoms with Gasteiger partial charge >= 0.3 is 6.18 Å². The number of fused-ring (bicyclic) bond motifs is 1. The summed E-state index contributed by atoms with van der Waals surface area (Å²) in [5, 5.41) is 2.42. The second kappa shape index (κ2) is 9.44. The highest BCUT2D eigenvalue weighted by atomic mass is 19.4. The zero-order valence-electron chi connectivity index (χ0n) is 20.4. The Morgan fingerprint density at radius 2 is 1.71 bits per heavy atom. The largest absolute Gasteiger partial charge is 0.483 e. The van der Waals surface area contributed by atoms with Gasteiger partial charge in [0.15, 0.2) is 5.75 Å². The fraction of sp³-hybridized carbons (Fsp3) is 0.179. The molecular weight excluding hydrogens is 500 g/mol. The zero-order chi connectivity index (χ0) is 27.1. The van der Waals surface area contributed by atoms with Crippen LogP contribution in [0.5, 0.6) is 5.75 Å². The van der Waals surface area contributed by atoms with Gasteiger partial charge in [-0.2, -0.15) is 13.2 Å². The van der Waals surface area contributed by atoms with E-state index in [0.717, 1.165) is 18.2 Å². The average molecular weight is 523 g/mol. The van der Waals surface area contributed by atoms with Crippen LogP contribution in [0.4, 0.5) is 34.9 Å². The molecule has 0 fully saturated rings. The van der Waals surface area contributed by atoms with Crippen molar-refractivity contribution in [2.75, 3.05) is 16.8 Å². The fourth-order valence-corrected chi connectivity index (χ4v) is 4.33. The monoisotopic (exact) mass is 522 g/mol. The minimum Gasteiger partial charge on any atom is -0.483 e. The molecule has 1 aliphatic heterocycles. The van der Waals surface area contributed by atoms with E-state index in [1.54, 1.807) is 30.6 Å². The zero-order valence-corrected chi connectivity index (χ0v) is 20.4. The van der Waals surface area contributed by atoms with Gasteiger partial charge in [0.05, 0.1) is 23.4 Å². The lowest BCUT2D eigenvalue weighted by molar-refractivity contribution is -0.137. The SMILES string of the molecule is CC1(C)CN(c2ncccn2)c2cccc(-c3ccc(C(F)(F)F)c(C(=O)Nc4ccc(F)cc4)c3)c2O1. The number of para-hydroxylation sites is 1. The van der Waals surface area contributed by atoms with E-state index in [1.807, 2.05) is 24.8 Å². The van der Waals surface area contributed by atoms with Crippen LogP contribution < -0.4 is 15.0 Å². The maximum atomic E-state index is 13.9. The number of aromatic nitrogens is 2. The van der Waals surface area contributed by atoms with E-state index in [1.165, 1.54) is 24.3 Å². The van der Waals surface area contributed by atoms with Crippen LogP contribution in [-0.4, -0.2) is 28.0 Å². The van der Waals surface area contributed by atoms with Crippen LogP contribution >= 0.6 is 0 Å². The number of nitrogens with one attached hydrogen (secondary N) is 1. The molecule has 3 aromatic carbocycles. The Kier molecular flexibility index (Phi) is 6.26. The number of carbonyl (C=O) groups is 1. The van der Waals surface area contributed by atoms with E-state index in [-0.39, 0.29) is 5.69 Å². The van der Waals surface area contributed by atoms with E-state index in [0.29, 0.717) is 35.1 Å². The number of hydrogen-bond donors (Lipinski definition) is 1. The Labute approximate surface area is 215 Å². The van der Waals surface area contributed by atoms with Crippen LogP contribution in [0.25, 0.3) is 11.1 Å². The van der Waals surface area contributed by atoms with Crippen molar-refractivity contribution in [3.8, 4) is 16.9 Å². The van der Waals surface area contributed by atoms with E-state index < -0.39 is 34.6 Å². The minimum atomic E-state index is -4.77. The molecule has 6 nitrogen and oxygen atoms in total. The predicted molar refractivity (Wildman–Crippen MR) is 135 cm³/mol. The molecule has 2 heterocycles. The Balaban J connectivity index is 1.61. The van der Waals surface area contributed by atoms with E-state index in [2.05, 4.69) is 15.3 Å². The van der Waals surface area contributed by atoms with Crippen LogP contribution in [0.3, 0.4) is 0 Å². The number of alkyl halides is 3. The lowest BCUT2D eigenvalue weighted by atomic mass is 9.95. The molecule has 0 bridgehead atoms. The molecule has 0 saturated carbocycles. The van der Waals surface area contributed by atoms with Gasteiger partial charge in [-0.1, -0.05) is 18.2 Å². The Hall–Kier alpha value is -4.47. The third-order valence-corrected chi connectivity index (χ3v) is 5.98. The number of halogens is 4. The number of anilines is 3. The first-order chi connectivity index (χ1) is 18.0. The molecule has 1 N–H and O–H groups in total. The topological polar surface area (TPSA) is 67.4 Å². The molecule has 1 aromatic heterocycles. The lowest BCUT2D eigenvalue weighted by Crippen LogP contribution is -2.45. The van der Waals surface area contributed by atoms with E-state index in [4.69, 9.17) is 4.74 Å². The number of amides is 1. The van der Waals surface area contributed by atoms with Gasteiger partial charge in [-0.15, -0.1) is 0 Å². The predicted octanol–water partition coefficient (Wildman–Crippen LogP) is 6.86. The fourth-order valence-electron chi connectivity index (χ4n) is 4.33. The van der Waals surface area contributed by atoms with Gasteiger partial charge in [0, 0.05) is 23.6 Å². The molecule has 0 spiro atoms. The molecule has 38 heavy (non-hydrogen) atoms. The molecule has 0 saturated heterocycles. The molecule has 1 aliphatic rings. The van der Waals surface area contributed by atoms with Crippen molar-refractivity contribution < 1.29 is 27.1 Å². The number of rotatable bonds is 4. The third-order valence-electron chi connectivity index (χ3n) is 5.98. The normalized spacial score (nSPS) is 14.4. The number of hydrogen-bond acceptors (Lipinski definition) is 5. The summed E-state index contributed by atoms with van der Waals surface area (Å²) in [6.07, 6.45) is -1.53. The molecular formula is C28H22F4N4O2. The maximum absolute atomic E-state index is 13.9. The van der Waals surface area contributed by atoms with Gasteiger partial charge in [-0.05, 0) is 67.9 Å². The van der Waals surface area contributed by atoms with Crippen LogP contribution in [0.2, 0.25) is 0 Å². The first kappa shape index (κ1) is 25.2. The molecule has 0 radical (unpaired) electrons. The average Bonchev–Trinajstić information content (AvgIpc) is 2.88. The van der Waals surface area contributed by atoms with E-state index >= 15 is 0 Å². The summed E-state index contributed by atoms with van der Waals surface area (Å²) < 4.78 is 61.2. The smallest absolute Gasteiger partial charge is 0.417 e. The van der Waals surface area contributed by atoms with Crippen molar-refractivity contribution in [3.63, 3.8) is 0 Å². The highest BCUT2D eigenvalue weighted by molar-refractivity contribution is 6.06. The molecule has 1 amide bonds. The first-order valence-corrected chi connectivity index (χ1v) is 11.7. The van der Waals surface area contributed by atoms with Crippen molar-refractivity contribution in [1.82, 2.24) is 9.97 Å². The highest BCUT2D eigenvalue weighted by Gasteiger charge is 2.37. The molecule has 0 aliphatic carbocycles. The van der Waals surface area contributed by atoms with Gasteiger partial charge in [-0.3, -0.25) is 4.79 Å². The summed E-state index contributed by atoms with van der Waals surface area (Å²) in [7, 11) is 0. The molecule has 0 atom stereocenters. The summed E-state index contributed by atoms with van der Waals surface area (Å²) in [6, 6.07) is 15.1.